The lowest BCUT2D eigenvalue weighted by Gasteiger charge is -2.32. The van der Waals surface area contributed by atoms with Crippen LogP contribution < -0.4 is 16.4 Å². The molecule has 7 N–H and O–H groups in total. The van der Waals surface area contributed by atoms with Gasteiger partial charge in [-0.1, -0.05) is 20.3 Å². The molecule has 0 aromatic rings. The third-order valence-corrected chi connectivity index (χ3v) is 5.19. The van der Waals surface area contributed by atoms with Gasteiger partial charge in [-0.25, -0.2) is 4.79 Å². The fraction of sp³-hybridized carbons (Fsp3) is 0.778. The number of nitrogens with two attached hydrogens (primary N) is 1. The maximum atomic E-state index is 13.0. The summed E-state index contributed by atoms with van der Waals surface area (Å²) in [5, 5.41) is 33.0. The van der Waals surface area contributed by atoms with E-state index < -0.39 is 60.6 Å². The first kappa shape index (κ1) is 24.8. The molecule has 1 rings (SSSR count). The second-order valence-corrected chi connectivity index (χ2v) is 7.42. The van der Waals surface area contributed by atoms with E-state index in [-0.39, 0.29) is 12.5 Å². The summed E-state index contributed by atoms with van der Waals surface area (Å²) in [7, 11) is 0. The van der Waals surface area contributed by atoms with Gasteiger partial charge in [0.2, 0.25) is 17.7 Å². The van der Waals surface area contributed by atoms with Gasteiger partial charge >= 0.3 is 5.97 Å². The van der Waals surface area contributed by atoms with Crippen molar-refractivity contribution >= 4 is 23.7 Å². The number of carboxylic acids is 1. The number of hydrogen-bond acceptors (Lipinski definition) is 7. The van der Waals surface area contributed by atoms with Crippen LogP contribution >= 0.6 is 0 Å². The monoisotopic (exact) mass is 416 g/mol. The Morgan fingerprint density at radius 3 is 2.21 bits per heavy atom. The fourth-order valence-electron chi connectivity index (χ4n) is 3.14. The highest BCUT2D eigenvalue weighted by molar-refractivity contribution is 5.94. The normalized spacial score (nSPS) is 21.6. The molecule has 0 spiro atoms. The highest BCUT2D eigenvalue weighted by Gasteiger charge is 2.40. The predicted octanol–water partition coefficient (Wildman–Crippen LogP) is -2.22. The highest BCUT2D eigenvalue weighted by atomic mass is 16.4. The molecular weight excluding hydrogens is 384 g/mol. The summed E-state index contributed by atoms with van der Waals surface area (Å²) < 4.78 is 0. The molecule has 1 fully saturated rings. The molecule has 0 aliphatic carbocycles. The molecule has 3 amide bonds. The van der Waals surface area contributed by atoms with Crippen LogP contribution in [0.2, 0.25) is 0 Å². The quantitative estimate of drug-likeness (QED) is 0.231. The zero-order chi connectivity index (χ0) is 22.3. The number of carboxylic acid groups (broad SMARTS) is 1. The van der Waals surface area contributed by atoms with E-state index in [9.17, 15) is 29.4 Å². The van der Waals surface area contributed by atoms with Crippen molar-refractivity contribution < 1.29 is 34.5 Å². The number of nitrogens with zero attached hydrogens (tertiary/aromatic N) is 1. The van der Waals surface area contributed by atoms with Crippen LogP contribution in [0.15, 0.2) is 0 Å². The molecule has 0 aromatic heterocycles. The predicted molar refractivity (Wildman–Crippen MR) is 102 cm³/mol. The van der Waals surface area contributed by atoms with Crippen molar-refractivity contribution in [2.75, 3.05) is 13.2 Å². The molecule has 0 saturated carbocycles. The molecule has 1 aliphatic rings. The standard InChI is InChI=1S/C18H32N4O7/c1-4-9(2)13(17(27)22-7-5-6-12(22)18(28)29)20-16(26)14(10(3)24)21-15(25)11(19)8-23/h9-14,23-24H,4-8,19H2,1-3H3,(H,20,26)(H,21,25)(H,28,29). The Hall–Kier alpha value is -2.24. The number of carbonyl (C=O) groups excluding carboxylic acids is 3. The molecule has 1 saturated heterocycles. The summed E-state index contributed by atoms with van der Waals surface area (Å²) in [5.41, 5.74) is 5.42. The van der Waals surface area contributed by atoms with Crippen LogP contribution in [0.5, 0.6) is 0 Å². The van der Waals surface area contributed by atoms with E-state index >= 15 is 0 Å². The van der Waals surface area contributed by atoms with Gasteiger partial charge in [0.1, 0.15) is 24.2 Å². The number of aliphatic hydroxyl groups is 2. The minimum atomic E-state index is -1.40. The zero-order valence-electron chi connectivity index (χ0n) is 17.0. The van der Waals surface area contributed by atoms with Crippen molar-refractivity contribution in [3.05, 3.63) is 0 Å². The summed E-state index contributed by atoms with van der Waals surface area (Å²) in [4.78, 5) is 50.3. The van der Waals surface area contributed by atoms with Gasteiger partial charge in [0.15, 0.2) is 0 Å². The number of carbonyl (C=O) groups is 4. The van der Waals surface area contributed by atoms with Gasteiger partial charge in [-0.05, 0) is 25.7 Å². The maximum absolute atomic E-state index is 13.0. The third-order valence-electron chi connectivity index (χ3n) is 5.19. The SMILES string of the molecule is CCC(C)C(NC(=O)C(NC(=O)C(N)CO)C(C)O)C(=O)N1CCCC1C(=O)O. The smallest absolute Gasteiger partial charge is 0.326 e. The fourth-order valence-corrected chi connectivity index (χ4v) is 3.14. The van der Waals surface area contributed by atoms with E-state index in [4.69, 9.17) is 10.8 Å². The second kappa shape index (κ2) is 11.1. The van der Waals surface area contributed by atoms with E-state index in [1.807, 2.05) is 6.92 Å². The first-order valence-electron chi connectivity index (χ1n) is 9.73. The Balaban J connectivity index is 3.00. The van der Waals surface area contributed by atoms with E-state index in [1.165, 1.54) is 11.8 Å². The van der Waals surface area contributed by atoms with E-state index in [1.54, 1.807) is 6.92 Å². The minimum Gasteiger partial charge on any atom is -0.480 e. The van der Waals surface area contributed by atoms with E-state index in [0.717, 1.165) is 0 Å². The number of hydrogen-bond donors (Lipinski definition) is 6. The lowest BCUT2D eigenvalue weighted by Crippen LogP contribution is -2.61. The Labute approximate surface area is 169 Å². The van der Waals surface area contributed by atoms with E-state index in [0.29, 0.717) is 19.3 Å². The van der Waals surface area contributed by atoms with E-state index in [2.05, 4.69) is 10.6 Å². The summed E-state index contributed by atoms with van der Waals surface area (Å²) >= 11 is 0. The van der Waals surface area contributed by atoms with Crippen LogP contribution in [0.3, 0.4) is 0 Å². The zero-order valence-corrected chi connectivity index (χ0v) is 17.0. The summed E-state index contributed by atoms with van der Waals surface area (Å²) in [5.74, 6) is -3.56. The number of likely N-dealkylation sites (tertiary alicyclic amines) is 1. The first-order valence-corrected chi connectivity index (χ1v) is 9.73. The van der Waals surface area contributed by atoms with Crippen LogP contribution in [0.4, 0.5) is 0 Å². The molecule has 29 heavy (non-hydrogen) atoms. The molecule has 1 heterocycles. The molecule has 6 unspecified atom stereocenters. The average Bonchev–Trinajstić information content (AvgIpc) is 3.17. The Bertz CT molecular complexity index is 613. The topological polar surface area (TPSA) is 182 Å². The van der Waals surface area contributed by atoms with Crippen LogP contribution in [0, 0.1) is 5.92 Å². The summed E-state index contributed by atoms with van der Waals surface area (Å²) in [6.07, 6.45) is 0.128. The number of aliphatic hydroxyl groups excluding tert-OH is 2. The molecule has 166 valence electrons. The maximum Gasteiger partial charge on any atom is 0.326 e. The lowest BCUT2D eigenvalue weighted by atomic mass is 9.96. The lowest BCUT2D eigenvalue weighted by molar-refractivity contribution is -0.150. The van der Waals surface area contributed by atoms with Gasteiger partial charge in [0.05, 0.1) is 12.7 Å². The Kier molecular flexibility index (Phi) is 9.47. The third kappa shape index (κ3) is 6.38. The van der Waals surface area contributed by atoms with Gasteiger partial charge < -0.3 is 36.6 Å². The van der Waals surface area contributed by atoms with Gasteiger partial charge in [-0.2, -0.15) is 0 Å². The van der Waals surface area contributed by atoms with Crippen LogP contribution in [0.25, 0.3) is 0 Å². The number of aliphatic carboxylic acids is 1. The molecule has 1 aliphatic heterocycles. The molecule has 0 aromatic carbocycles. The van der Waals surface area contributed by atoms with Crippen molar-refractivity contribution in [2.24, 2.45) is 11.7 Å². The van der Waals surface area contributed by atoms with Crippen LogP contribution in [0.1, 0.15) is 40.0 Å². The Morgan fingerprint density at radius 2 is 1.72 bits per heavy atom. The number of amides is 3. The number of rotatable bonds is 10. The number of nitrogens with one attached hydrogen (secondary N) is 2. The van der Waals surface area contributed by atoms with Crippen molar-refractivity contribution in [1.29, 1.82) is 0 Å². The van der Waals surface area contributed by atoms with Crippen molar-refractivity contribution in [1.82, 2.24) is 15.5 Å². The van der Waals surface area contributed by atoms with Gasteiger partial charge in [0.25, 0.3) is 0 Å². The highest BCUT2D eigenvalue weighted by Crippen LogP contribution is 2.21. The molecule has 0 radical (unpaired) electrons. The van der Waals surface area contributed by atoms with Crippen LogP contribution in [-0.4, -0.2) is 87.3 Å². The molecule has 6 atom stereocenters. The molecule has 11 nitrogen and oxygen atoms in total. The molecule has 11 heteroatoms. The van der Waals surface area contributed by atoms with Crippen molar-refractivity contribution in [2.45, 2.75) is 70.3 Å². The van der Waals surface area contributed by atoms with Gasteiger partial charge in [0, 0.05) is 6.54 Å². The van der Waals surface area contributed by atoms with Gasteiger partial charge in [-0.3, -0.25) is 14.4 Å². The van der Waals surface area contributed by atoms with Crippen molar-refractivity contribution in [3.63, 3.8) is 0 Å². The van der Waals surface area contributed by atoms with Crippen LogP contribution in [-0.2, 0) is 19.2 Å². The van der Waals surface area contributed by atoms with Crippen molar-refractivity contribution in [3.8, 4) is 0 Å². The largest absolute Gasteiger partial charge is 0.480 e. The summed E-state index contributed by atoms with van der Waals surface area (Å²) in [6.45, 7) is 4.49. The average molecular weight is 416 g/mol. The first-order chi connectivity index (χ1) is 13.5. The summed E-state index contributed by atoms with van der Waals surface area (Å²) in [6, 6.07) is -4.62. The molecule has 0 bridgehead atoms. The minimum absolute atomic E-state index is 0.278. The molecular formula is C18H32N4O7. The Morgan fingerprint density at radius 1 is 1.14 bits per heavy atom. The van der Waals surface area contributed by atoms with Gasteiger partial charge in [-0.15, -0.1) is 0 Å². The second-order valence-electron chi connectivity index (χ2n) is 7.42.